The molecule has 0 fully saturated rings. The van der Waals surface area contributed by atoms with E-state index in [0.29, 0.717) is 24.8 Å². The predicted octanol–water partition coefficient (Wildman–Crippen LogP) is 2.33. The number of aliphatic hydroxyl groups excluding tert-OH is 1. The van der Waals surface area contributed by atoms with E-state index in [1.807, 2.05) is 36.1 Å². The van der Waals surface area contributed by atoms with Crippen molar-refractivity contribution < 1.29 is 9.84 Å². The van der Waals surface area contributed by atoms with Gasteiger partial charge < -0.3 is 20.1 Å². The molecule has 1 rings (SSSR count). The number of nitrogens with zero attached hydrogens (tertiary/aromatic N) is 1. The fourth-order valence-electron chi connectivity index (χ4n) is 1.71. The first-order valence-corrected chi connectivity index (χ1v) is 7.06. The second kappa shape index (κ2) is 8.55. The van der Waals surface area contributed by atoms with Gasteiger partial charge in [-0.2, -0.15) is 0 Å². The molecule has 1 atom stereocenters. The molecule has 0 saturated heterocycles. The number of aliphatic hydroxyl groups is 1. The van der Waals surface area contributed by atoms with Gasteiger partial charge in [-0.05, 0) is 50.3 Å². The van der Waals surface area contributed by atoms with Crippen molar-refractivity contribution in [3.63, 3.8) is 0 Å². The molecule has 0 aliphatic carbocycles. The summed E-state index contributed by atoms with van der Waals surface area (Å²) in [4.78, 5) is 1.86. The van der Waals surface area contributed by atoms with Crippen molar-refractivity contribution in [2.24, 2.45) is 0 Å². The Hall–Kier alpha value is -1.59. The maximum Gasteiger partial charge on any atom is 0.173 e. The standard InChI is InChI=1S/C15H22N2O2S/c1-4-10-16-15(20)17(11-12(3)18)13-6-8-14(9-7-13)19-5-2/h4,6-9,12,18H,1,5,10-11H2,2-3H3,(H,16,20)/t12-/m1/s1. The Morgan fingerprint density at radius 1 is 1.50 bits per heavy atom. The Balaban J connectivity index is 2.85. The molecular weight excluding hydrogens is 272 g/mol. The Bertz CT molecular complexity index is 432. The SMILES string of the molecule is C=CCNC(=S)N(C[C@@H](C)O)c1ccc(OCC)cc1. The van der Waals surface area contributed by atoms with E-state index in [4.69, 9.17) is 17.0 Å². The minimum Gasteiger partial charge on any atom is -0.494 e. The minimum atomic E-state index is -0.481. The van der Waals surface area contributed by atoms with Crippen LogP contribution in [0.15, 0.2) is 36.9 Å². The fraction of sp³-hybridized carbons (Fsp3) is 0.400. The Kier molecular flexibility index (Phi) is 7.04. The third kappa shape index (κ3) is 5.19. The molecule has 0 aliphatic rings. The van der Waals surface area contributed by atoms with E-state index < -0.39 is 6.10 Å². The summed E-state index contributed by atoms with van der Waals surface area (Å²) in [5, 5.41) is 13.3. The number of benzene rings is 1. The van der Waals surface area contributed by atoms with Gasteiger partial charge in [0.2, 0.25) is 0 Å². The van der Waals surface area contributed by atoms with Crippen LogP contribution in [0.1, 0.15) is 13.8 Å². The van der Waals surface area contributed by atoms with Gasteiger partial charge in [0.1, 0.15) is 5.75 Å². The van der Waals surface area contributed by atoms with Crippen LogP contribution in [0.3, 0.4) is 0 Å². The molecule has 4 nitrogen and oxygen atoms in total. The van der Waals surface area contributed by atoms with Crippen molar-refractivity contribution in [3.8, 4) is 5.75 Å². The number of ether oxygens (including phenoxy) is 1. The van der Waals surface area contributed by atoms with E-state index in [0.717, 1.165) is 11.4 Å². The molecule has 5 heteroatoms. The molecule has 2 N–H and O–H groups in total. The monoisotopic (exact) mass is 294 g/mol. The van der Waals surface area contributed by atoms with Gasteiger partial charge in [0.25, 0.3) is 0 Å². The van der Waals surface area contributed by atoms with Gasteiger partial charge in [-0.3, -0.25) is 0 Å². The zero-order valence-electron chi connectivity index (χ0n) is 12.0. The molecule has 0 spiro atoms. The molecule has 0 amide bonds. The van der Waals surface area contributed by atoms with Crippen molar-refractivity contribution >= 4 is 23.0 Å². The lowest BCUT2D eigenvalue weighted by Crippen LogP contribution is -2.43. The van der Waals surface area contributed by atoms with Gasteiger partial charge >= 0.3 is 0 Å². The van der Waals surface area contributed by atoms with Crippen LogP contribution in [-0.2, 0) is 0 Å². The van der Waals surface area contributed by atoms with Gasteiger partial charge in [-0.1, -0.05) is 6.08 Å². The topological polar surface area (TPSA) is 44.7 Å². The van der Waals surface area contributed by atoms with Gasteiger partial charge in [0.05, 0.1) is 19.3 Å². The van der Waals surface area contributed by atoms with Gasteiger partial charge in [0, 0.05) is 12.2 Å². The van der Waals surface area contributed by atoms with Crippen LogP contribution in [0.4, 0.5) is 5.69 Å². The third-order valence-electron chi connectivity index (χ3n) is 2.55. The van der Waals surface area contributed by atoms with E-state index in [9.17, 15) is 5.11 Å². The van der Waals surface area contributed by atoms with Crippen molar-refractivity contribution in [1.29, 1.82) is 0 Å². The summed E-state index contributed by atoms with van der Waals surface area (Å²) >= 11 is 5.35. The molecule has 1 aromatic rings. The zero-order chi connectivity index (χ0) is 15.0. The van der Waals surface area contributed by atoms with Crippen LogP contribution in [0.25, 0.3) is 0 Å². The highest BCUT2D eigenvalue weighted by atomic mass is 32.1. The Morgan fingerprint density at radius 3 is 2.65 bits per heavy atom. The summed E-state index contributed by atoms with van der Waals surface area (Å²) in [6.07, 6.45) is 1.26. The molecule has 0 saturated carbocycles. The molecule has 0 bridgehead atoms. The van der Waals surface area contributed by atoms with Crippen LogP contribution in [-0.4, -0.2) is 36.0 Å². The highest BCUT2D eigenvalue weighted by molar-refractivity contribution is 7.80. The number of hydrogen-bond donors (Lipinski definition) is 2. The summed E-state index contributed by atoms with van der Waals surface area (Å²) in [6.45, 7) is 8.98. The van der Waals surface area contributed by atoms with E-state index in [2.05, 4.69) is 11.9 Å². The summed E-state index contributed by atoms with van der Waals surface area (Å²) in [5.41, 5.74) is 0.913. The number of thiocarbonyl (C=S) groups is 1. The Morgan fingerprint density at radius 2 is 2.15 bits per heavy atom. The summed E-state index contributed by atoms with van der Waals surface area (Å²) in [6, 6.07) is 7.64. The van der Waals surface area contributed by atoms with Crippen molar-refractivity contribution in [3.05, 3.63) is 36.9 Å². The van der Waals surface area contributed by atoms with Crippen LogP contribution in [0.5, 0.6) is 5.75 Å². The largest absolute Gasteiger partial charge is 0.494 e. The Labute approximate surface area is 126 Å². The lowest BCUT2D eigenvalue weighted by Gasteiger charge is -2.27. The molecule has 0 radical (unpaired) electrons. The van der Waals surface area contributed by atoms with E-state index in [-0.39, 0.29) is 0 Å². The summed E-state index contributed by atoms with van der Waals surface area (Å²) in [7, 11) is 0. The van der Waals surface area contributed by atoms with E-state index >= 15 is 0 Å². The molecule has 20 heavy (non-hydrogen) atoms. The van der Waals surface area contributed by atoms with Gasteiger partial charge in [0.15, 0.2) is 5.11 Å². The minimum absolute atomic E-state index is 0.428. The molecule has 0 aromatic heterocycles. The number of rotatable bonds is 7. The lowest BCUT2D eigenvalue weighted by molar-refractivity contribution is 0.204. The third-order valence-corrected chi connectivity index (χ3v) is 2.91. The van der Waals surface area contributed by atoms with Crippen LogP contribution in [0, 0.1) is 0 Å². The van der Waals surface area contributed by atoms with Crippen LogP contribution in [0.2, 0.25) is 0 Å². The first-order valence-electron chi connectivity index (χ1n) is 6.65. The molecule has 0 heterocycles. The number of nitrogens with one attached hydrogen (secondary N) is 1. The average Bonchev–Trinajstić information content (AvgIpc) is 2.43. The number of hydrogen-bond acceptors (Lipinski definition) is 3. The van der Waals surface area contributed by atoms with Crippen molar-refractivity contribution in [2.75, 3.05) is 24.6 Å². The average molecular weight is 294 g/mol. The first kappa shape index (κ1) is 16.5. The molecule has 110 valence electrons. The fourth-order valence-corrected chi connectivity index (χ4v) is 1.98. The normalized spacial score (nSPS) is 11.6. The highest BCUT2D eigenvalue weighted by Crippen LogP contribution is 2.20. The highest BCUT2D eigenvalue weighted by Gasteiger charge is 2.14. The molecule has 0 aliphatic heterocycles. The second-order valence-corrected chi connectivity index (χ2v) is 4.75. The van der Waals surface area contributed by atoms with Gasteiger partial charge in [-0.25, -0.2) is 0 Å². The van der Waals surface area contributed by atoms with Crippen LogP contribution >= 0.6 is 12.2 Å². The van der Waals surface area contributed by atoms with E-state index in [1.54, 1.807) is 13.0 Å². The molecular formula is C15H22N2O2S. The molecule has 0 unspecified atom stereocenters. The summed E-state index contributed by atoms with van der Waals surface area (Å²) < 4.78 is 5.42. The predicted molar refractivity (Wildman–Crippen MR) is 87.4 cm³/mol. The van der Waals surface area contributed by atoms with Crippen molar-refractivity contribution in [2.45, 2.75) is 20.0 Å². The molecule has 1 aromatic carbocycles. The first-order chi connectivity index (χ1) is 9.58. The maximum atomic E-state index is 9.62. The maximum absolute atomic E-state index is 9.62. The summed E-state index contributed by atoms with van der Waals surface area (Å²) in [5.74, 6) is 0.818. The van der Waals surface area contributed by atoms with E-state index in [1.165, 1.54) is 0 Å². The number of anilines is 1. The van der Waals surface area contributed by atoms with Crippen molar-refractivity contribution in [1.82, 2.24) is 5.32 Å². The smallest absolute Gasteiger partial charge is 0.173 e. The second-order valence-electron chi connectivity index (χ2n) is 4.36. The quantitative estimate of drug-likeness (QED) is 0.597. The lowest BCUT2D eigenvalue weighted by atomic mass is 10.2. The zero-order valence-corrected chi connectivity index (χ0v) is 12.8. The van der Waals surface area contributed by atoms with Crippen LogP contribution < -0.4 is 15.0 Å². The van der Waals surface area contributed by atoms with Gasteiger partial charge in [-0.15, -0.1) is 6.58 Å².